The lowest BCUT2D eigenvalue weighted by atomic mass is 9.97. The van der Waals surface area contributed by atoms with Gasteiger partial charge in [0.05, 0.1) is 0 Å². The van der Waals surface area contributed by atoms with Crippen LogP contribution in [0.2, 0.25) is 0 Å². The van der Waals surface area contributed by atoms with Gasteiger partial charge in [0.2, 0.25) is 5.91 Å². The number of carbonyl (C=O) groups is 1. The number of nitrogens with one attached hydrogen (secondary N) is 3. The van der Waals surface area contributed by atoms with E-state index >= 15 is 0 Å². The number of aliphatic imine (C=N–C) groups is 1. The normalized spacial score (nSPS) is 14.6. The van der Waals surface area contributed by atoms with Crippen LogP contribution >= 0.6 is 0 Å². The molecule has 1 aliphatic carbocycles. The summed E-state index contributed by atoms with van der Waals surface area (Å²) in [6, 6.07) is 5.57. The predicted molar refractivity (Wildman–Crippen MR) is 103 cm³/mol. The topological polar surface area (TPSA) is 78.4 Å². The first-order valence-electron chi connectivity index (χ1n) is 9.03. The molecule has 6 nitrogen and oxygen atoms in total. The van der Waals surface area contributed by atoms with Gasteiger partial charge in [0.25, 0.3) is 0 Å². The number of aromatic nitrogens is 1. The average Bonchev–Trinajstić information content (AvgIpc) is 2.61. The van der Waals surface area contributed by atoms with Crippen LogP contribution < -0.4 is 16.0 Å². The van der Waals surface area contributed by atoms with Gasteiger partial charge in [-0.25, -0.2) is 4.98 Å². The first-order chi connectivity index (χ1) is 12.2. The van der Waals surface area contributed by atoms with Crippen molar-refractivity contribution < 1.29 is 4.79 Å². The SMILES string of the molecule is CN=C(NCCC(=O)Nc1cccc(C)n1)NCCC1=CCCCC1. The molecule has 25 heavy (non-hydrogen) atoms. The van der Waals surface area contributed by atoms with Crippen LogP contribution in [0.4, 0.5) is 5.82 Å². The quantitative estimate of drug-likeness (QED) is 0.404. The molecule has 1 aromatic rings. The van der Waals surface area contributed by atoms with Gasteiger partial charge in [-0.1, -0.05) is 17.7 Å². The van der Waals surface area contributed by atoms with Crippen molar-refractivity contribution >= 4 is 17.7 Å². The maximum Gasteiger partial charge on any atom is 0.227 e. The summed E-state index contributed by atoms with van der Waals surface area (Å²) in [6.45, 7) is 3.29. The Kier molecular flexibility index (Phi) is 7.95. The highest BCUT2D eigenvalue weighted by molar-refractivity contribution is 5.90. The number of pyridine rings is 1. The lowest BCUT2D eigenvalue weighted by Crippen LogP contribution is -2.39. The Morgan fingerprint density at radius 2 is 2.08 bits per heavy atom. The molecule has 0 aromatic carbocycles. The zero-order chi connectivity index (χ0) is 17.9. The lowest BCUT2D eigenvalue weighted by molar-refractivity contribution is -0.116. The van der Waals surface area contributed by atoms with E-state index in [4.69, 9.17) is 0 Å². The molecule has 1 amide bonds. The molecule has 0 saturated carbocycles. The highest BCUT2D eigenvalue weighted by Gasteiger charge is 2.06. The Bertz CT molecular complexity index is 624. The van der Waals surface area contributed by atoms with Crippen molar-refractivity contribution in [2.24, 2.45) is 4.99 Å². The molecular formula is C19H29N5O. The van der Waals surface area contributed by atoms with E-state index in [1.807, 2.05) is 19.1 Å². The molecule has 0 bridgehead atoms. The first-order valence-corrected chi connectivity index (χ1v) is 9.03. The summed E-state index contributed by atoms with van der Waals surface area (Å²) >= 11 is 0. The number of allylic oxidation sites excluding steroid dienone is 1. The Balaban J connectivity index is 1.63. The molecule has 0 saturated heterocycles. The molecule has 2 rings (SSSR count). The maximum atomic E-state index is 12.0. The van der Waals surface area contributed by atoms with Crippen LogP contribution in [0.5, 0.6) is 0 Å². The molecule has 1 aliphatic rings. The summed E-state index contributed by atoms with van der Waals surface area (Å²) < 4.78 is 0. The summed E-state index contributed by atoms with van der Waals surface area (Å²) in [5, 5.41) is 9.28. The average molecular weight is 343 g/mol. The van der Waals surface area contributed by atoms with E-state index in [-0.39, 0.29) is 5.91 Å². The van der Waals surface area contributed by atoms with Crippen LogP contribution in [-0.2, 0) is 4.79 Å². The maximum absolute atomic E-state index is 12.0. The summed E-state index contributed by atoms with van der Waals surface area (Å²) in [5.74, 6) is 1.26. The fourth-order valence-electron chi connectivity index (χ4n) is 2.81. The Morgan fingerprint density at radius 3 is 2.80 bits per heavy atom. The van der Waals surface area contributed by atoms with Gasteiger partial charge in [0.15, 0.2) is 5.96 Å². The molecule has 3 N–H and O–H groups in total. The second-order valence-electron chi connectivity index (χ2n) is 6.25. The summed E-state index contributed by atoms with van der Waals surface area (Å²) in [5.41, 5.74) is 2.42. The number of aryl methyl sites for hydroxylation is 1. The third-order valence-electron chi connectivity index (χ3n) is 4.15. The van der Waals surface area contributed by atoms with Gasteiger partial charge in [-0.3, -0.25) is 9.79 Å². The number of rotatable bonds is 7. The van der Waals surface area contributed by atoms with Crippen molar-refractivity contribution in [1.82, 2.24) is 15.6 Å². The Hall–Kier alpha value is -2.37. The van der Waals surface area contributed by atoms with Crippen LogP contribution in [-0.4, -0.2) is 37.0 Å². The fourth-order valence-corrected chi connectivity index (χ4v) is 2.81. The van der Waals surface area contributed by atoms with Gasteiger partial charge < -0.3 is 16.0 Å². The highest BCUT2D eigenvalue weighted by atomic mass is 16.1. The van der Waals surface area contributed by atoms with E-state index in [0.717, 1.165) is 24.6 Å². The minimum absolute atomic E-state index is 0.0617. The molecule has 0 atom stereocenters. The second kappa shape index (κ2) is 10.5. The molecule has 6 heteroatoms. The summed E-state index contributed by atoms with van der Waals surface area (Å²) in [4.78, 5) is 20.4. The van der Waals surface area contributed by atoms with Crippen LogP contribution in [0.25, 0.3) is 0 Å². The Morgan fingerprint density at radius 1 is 1.24 bits per heavy atom. The summed E-state index contributed by atoms with van der Waals surface area (Å²) in [7, 11) is 1.74. The number of hydrogen-bond donors (Lipinski definition) is 3. The first kappa shape index (κ1) is 19.0. The third-order valence-corrected chi connectivity index (χ3v) is 4.15. The van der Waals surface area contributed by atoms with Gasteiger partial charge >= 0.3 is 0 Å². The van der Waals surface area contributed by atoms with E-state index in [1.54, 1.807) is 18.7 Å². The number of hydrogen-bond acceptors (Lipinski definition) is 3. The standard InChI is InChI=1S/C19H29N5O/c1-15-7-6-10-17(23-15)24-18(25)12-14-22-19(20-2)21-13-11-16-8-4-3-5-9-16/h6-8,10H,3-5,9,11-14H2,1-2H3,(H2,20,21,22)(H,23,24,25). The smallest absolute Gasteiger partial charge is 0.227 e. The number of amides is 1. The second-order valence-corrected chi connectivity index (χ2v) is 6.25. The molecule has 136 valence electrons. The van der Waals surface area contributed by atoms with Crippen molar-refractivity contribution in [2.45, 2.75) is 45.4 Å². The number of carbonyl (C=O) groups excluding carboxylic acids is 1. The van der Waals surface area contributed by atoms with Crippen molar-refractivity contribution in [3.05, 3.63) is 35.5 Å². The molecule has 0 fully saturated rings. The third kappa shape index (κ3) is 7.37. The van der Waals surface area contributed by atoms with E-state index in [2.05, 4.69) is 32.0 Å². The molecule has 0 radical (unpaired) electrons. The van der Waals surface area contributed by atoms with Gasteiger partial charge in [-0.15, -0.1) is 0 Å². The molecular weight excluding hydrogens is 314 g/mol. The molecule has 0 aliphatic heterocycles. The van der Waals surface area contributed by atoms with Crippen LogP contribution in [0.3, 0.4) is 0 Å². The number of guanidine groups is 1. The van der Waals surface area contributed by atoms with Gasteiger partial charge in [0.1, 0.15) is 5.82 Å². The zero-order valence-corrected chi connectivity index (χ0v) is 15.3. The molecule has 1 aromatic heterocycles. The molecule has 1 heterocycles. The van der Waals surface area contributed by atoms with Crippen molar-refractivity contribution in [1.29, 1.82) is 0 Å². The van der Waals surface area contributed by atoms with Crippen molar-refractivity contribution in [3.63, 3.8) is 0 Å². The number of anilines is 1. The van der Waals surface area contributed by atoms with Gasteiger partial charge in [-0.2, -0.15) is 0 Å². The van der Waals surface area contributed by atoms with Gasteiger partial charge in [0, 0.05) is 32.3 Å². The van der Waals surface area contributed by atoms with Crippen LogP contribution in [0.15, 0.2) is 34.8 Å². The highest BCUT2D eigenvalue weighted by Crippen LogP contribution is 2.19. The monoisotopic (exact) mass is 343 g/mol. The number of nitrogens with zero attached hydrogens (tertiary/aromatic N) is 2. The lowest BCUT2D eigenvalue weighted by Gasteiger charge is -2.15. The van der Waals surface area contributed by atoms with E-state index in [1.165, 1.54) is 25.7 Å². The Labute approximate surface area is 150 Å². The largest absolute Gasteiger partial charge is 0.356 e. The van der Waals surface area contributed by atoms with Crippen molar-refractivity contribution in [3.8, 4) is 0 Å². The van der Waals surface area contributed by atoms with Crippen molar-refractivity contribution in [2.75, 3.05) is 25.5 Å². The predicted octanol–water partition coefficient (Wildman–Crippen LogP) is 2.77. The minimum Gasteiger partial charge on any atom is -0.356 e. The van der Waals surface area contributed by atoms with E-state index < -0.39 is 0 Å². The zero-order valence-electron chi connectivity index (χ0n) is 15.3. The summed E-state index contributed by atoms with van der Waals surface area (Å²) in [6.07, 6.45) is 8.85. The molecule has 0 unspecified atom stereocenters. The van der Waals surface area contributed by atoms with E-state index in [9.17, 15) is 4.79 Å². The van der Waals surface area contributed by atoms with E-state index in [0.29, 0.717) is 18.8 Å². The van der Waals surface area contributed by atoms with Crippen LogP contribution in [0.1, 0.15) is 44.2 Å². The molecule has 0 spiro atoms. The van der Waals surface area contributed by atoms with Gasteiger partial charge in [-0.05, 0) is 51.2 Å². The fraction of sp³-hybridized carbons (Fsp3) is 0.526. The van der Waals surface area contributed by atoms with Crippen LogP contribution in [0, 0.1) is 6.92 Å². The minimum atomic E-state index is -0.0617.